The Morgan fingerprint density at radius 1 is 1.53 bits per heavy atom. The Bertz CT molecular complexity index is 414. The predicted octanol–water partition coefficient (Wildman–Crippen LogP) is 2.24. The standard InChI is InChI=1S/C13H17BrN2O/c1-9-7-10(4-5-12(9)14)13(17)16-11-3-2-6-15-8-11/h4-5,7,11,15H,2-3,6,8H2,1H3,(H,16,17)/t11-/m1/s1. The summed E-state index contributed by atoms with van der Waals surface area (Å²) < 4.78 is 1.04. The van der Waals surface area contributed by atoms with Crippen LogP contribution in [0, 0.1) is 6.92 Å². The first-order valence-electron chi connectivity index (χ1n) is 5.94. The number of benzene rings is 1. The molecule has 1 atom stereocenters. The zero-order chi connectivity index (χ0) is 12.3. The second kappa shape index (κ2) is 5.65. The zero-order valence-electron chi connectivity index (χ0n) is 9.92. The lowest BCUT2D eigenvalue weighted by molar-refractivity contribution is 0.0930. The summed E-state index contributed by atoms with van der Waals surface area (Å²) in [5.74, 6) is 0.0225. The monoisotopic (exact) mass is 296 g/mol. The molecule has 1 heterocycles. The summed E-state index contributed by atoms with van der Waals surface area (Å²) in [6.07, 6.45) is 2.19. The molecule has 3 nitrogen and oxygen atoms in total. The van der Waals surface area contributed by atoms with Gasteiger partial charge < -0.3 is 10.6 Å². The fourth-order valence-corrected chi connectivity index (χ4v) is 2.28. The van der Waals surface area contributed by atoms with Crippen molar-refractivity contribution in [2.75, 3.05) is 13.1 Å². The Kier molecular flexibility index (Phi) is 4.18. The molecule has 1 aliphatic rings. The van der Waals surface area contributed by atoms with E-state index in [0.29, 0.717) is 0 Å². The normalized spacial score (nSPS) is 20.0. The van der Waals surface area contributed by atoms with Crippen LogP contribution in [0.25, 0.3) is 0 Å². The van der Waals surface area contributed by atoms with E-state index in [0.717, 1.165) is 41.5 Å². The van der Waals surface area contributed by atoms with Crippen molar-refractivity contribution in [3.05, 3.63) is 33.8 Å². The van der Waals surface area contributed by atoms with Crippen LogP contribution in [0.1, 0.15) is 28.8 Å². The van der Waals surface area contributed by atoms with Gasteiger partial charge in [0.15, 0.2) is 0 Å². The Balaban J connectivity index is 2.01. The van der Waals surface area contributed by atoms with Gasteiger partial charge in [-0.3, -0.25) is 4.79 Å². The first kappa shape index (κ1) is 12.6. The van der Waals surface area contributed by atoms with E-state index in [4.69, 9.17) is 0 Å². The van der Waals surface area contributed by atoms with Gasteiger partial charge in [-0.15, -0.1) is 0 Å². The van der Waals surface area contributed by atoms with Gasteiger partial charge in [0.05, 0.1) is 0 Å². The number of nitrogens with one attached hydrogen (secondary N) is 2. The maximum absolute atomic E-state index is 12.0. The number of hydrogen-bond donors (Lipinski definition) is 2. The van der Waals surface area contributed by atoms with Gasteiger partial charge in [0.1, 0.15) is 0 Å². The van der Waals surface area contributed by atoms with E-state index in [2.05, 4.69) is 26.6 Å². The van der Waals surface area contributed by atoms with Gasteiger partial charge in [0.2, 0.25) is 0 Å². The van der Waals surface area contributed by atoms with Crippen molar-refractivity contribution in [3.8, 4) is 0 Å². The summed E-state index contributed by atoms with van der Waals surface area (Å²) >= 11 is 3.44. The molecule has 4 heteroatoms. The molecule has 2 rings (SSSR count). The summed E-state index contributed by atoms with van der Waals surface area (Å²) in [4.78, 5) is 12.0. The van der Waals surface area contributed by atoms with Crippen LogP contribution >= 0.6 is 15.9 Å². The Morgan fingerprint density at radius 2 is 2.35 bits per heavy atom. The lowest BCUT2D eigenvalue weighted by atomic mass is 10.1. The van der Waals surface area contributed by atoms with Crippen LogP contribution in [-0.4, -0.2) is 25.0 Å². The van der Waals surface area contributed by atoms with Gasteiger partial charge in [-0.25, -0.2) is 0 Å². The average molecular weight is 297 g/mol. The predicted molar refractivity (Wildman–Crippen MR) is 72.2 cm³/mol. The molecule has 1 saturated heterocycles. The molecule has 0 unspecified atom stereocenters. The maximum Gasteiger partial charge on any atom is 0.251 e. The first-order chi connectivity index (χ1) is 8.16. The molecule has 17 heavy (non-hydrogen) atoms. The lowest BCUT2D eigenvalue weighted by Crippen LogP contribution is -2.45. The van der Waals surface area contributed by atoms with Gasteiger partial charge >= 0.3 is 0 Å². The van der Waals surface area contributed by atoms with Gasteiger partial charge in [-0.2, -0.15) is 0 Å². The zero-order valence-corrected chi connectivity index (χ0v) is 11.5. The Hall–Kier alpha value is -0.870. The summed E-state index contributed by atoms with van der Waals surface area (Å²) in [7, 11) is 0. The molecule has 0 aliphatic carbocycles. The average Bonchev–Trinajstić information content (AvgIpc) is 2.34. The van der Waals surface area contributed by atoms with E-state index in [1.54, 1.807) is 0 Å². The molecular weight excluding hydrogens is 280 g/mol. The summed E-state index contributed by atoms with van der Waals surface area (Å²) in [5.41, 5.74) is 1.82. The number of piperidine rings is 1. The second-order valence-corrected chi connectivity index (χ2v) is 5.34. The van der Waals surface area contributed by atoms with Gasteiger partial charge in [-0.05, 0) is 50.1 Å². The van der Waals surface area contributed by atoms with E-state index < -0.39 is 0 Å². The topological polar surface area (TPSA) is 41.1 Å². The van der Waals surface area contributed by atoms with Crippen molar-refractivity contribution in [2.24, 2.45) is 0 Å². The number of rotatable bonds is 2. The van der Waals surface area contributed by atoms with Crippen LogP contribution in [0.15, 0.2) is 22.7 Å². The Labute approximate surface area is 110 Å². The number of carbonyl (C=O) groups excluding carboxylic acids is 1. The maximum atomic E-state index is 12.0. The quantitative estimate of drug-likeness (QED) is 0.879. The van der Waals surface area contributed by atoms with E-state index in [1.807, 2.05) is 25.1 Å². The minimum absolute atomic E-state index is 0.0225. The lowest BCUT2D eigenvalue weighted by Gasteiger charge is -2.23. The largest absolute Gasteiger partial charge is 0.348 e. The highest BCUT2D eigenvalue weighted by atomic mass is 79.9. The third-order valence-electron chi connectivity index (χ3n) is 3.05. The van der Waals surface area contributed by atoms with Crippen LogP contribution in [0.4, 0.5) is 0 Å². The fraction of sp³-hybridized carbons (Fsp3) is 0.462. The van der Waals surface area contributed by atoms with Crippen molar-refractivity contribution >= 4 is 21.8 Å². The smallest absolute Gasteiger partial charge is 0.251 e. The highest BCUT2D eigenvalue weighted by molar-refractivity contribution is 9.10. The van der Waals surface area contributed by atoms with Crippen molar-refractivity contribution in [3.63, 3.8) is 0 Å². The number of amides is 1. The molecule has 1 fully saturated rings. The minimum Gasteiger partial charge on any atom is -0.348 e. The van der Waals surface area contributed by atoms with E-state index in [9.17, 15) is 4.79 Å². The minimum atomic E-state index is 0.0225. The molecule has 1 aromatic carbocycles. The number of halogens is 1. The SMILES string of the molecule is Cc1cc(C(=O)N[C@@H]2CCCNC2)ccc1Br. The number of hydrogen-bond acceptors (Lipinski definition) is 2. The van der Waals surface area contributed by atoms with Crippen LogP contribution in [0.5, 0.6) is 0 Å². The van der Waals surface area contributed by atoms with E-state index in [1.165, 1.54) is 0 Å². The Morgan fingerprint density at radius 3 is 3.00 bits per heavy atom. The fourth-order valence-electron chi connectivity index (χ4n) is 2.03. The summed E-state index contributed by atoms with van der Waals surface area (Å²) in [6, 6.07) is 5.95. The summed E-state index contributed by atoms with van der Waals surface area (Å²) in [6.45, 7) is 3.92. The molecule has 0 spiro atoms. The molecule has 1 aliphatic heterocycles. The molecule has 0 bridgehead atoms. The highest BCUT2D eigenvalue weighted by Crippen LogP contribution is 2.17. The first-order valence-corrected chi connectivity index (χ1v) is 6.74. The molecular formula is C13H17BrN2O. The molecule has 1 amide bonds. The van der Waals surface area contributed by atoms with Crippen molar-refractivity contribution in [2.45, 2.75) is 25.8 Å². The molecule has 0 radical (unpaired) electrons. The van der Waals surface area contributed by atoms with E-state index in [-0.39, 0.29) is 11.9 Å². The van der Waals surface area contributed by atoms with Gasteiger partial charge in [0, 0.05) is 22.6 Å². The molecule has 0 saturated carbocycles. The highest BCUT2D eigenvalue weighted by Gasteiger charge is 2.16. The molecule has 2 N–H and O–H groups in total. The van der Waals surface area contributed by atoms with Crippen LogP contribution in [0.3, 0.4) is 0 Å². The molecule has 92 valence electrons. The van der Waals surface area contributed by atoms with Crippen molar-refractivity contribution < 1.29 is 4.79 Å². The van der Waals surface area contributed by atoms with Gasteiger partial charge in [0.25, 0.3) is 5.91 Å². The van der Waals surface area contributed by atoms with Crippen LogP contribution < -0.4 is 10.6 Å². The molecule has 0 aromatic heterocycles. The van der Waals surface area contributed by atoms with Gasteiger partial charge in [-0.1, -0.05) is 15.9 Å². The van der Waals surface area contributed by atoms with E-state index >= 15 is 0 Å². The van der Waals surface area contributed by atoms with Crippen molar-refractivity contribution in [1.29, 1.82) is 0 Å². The second-order valence-electron chi connectivity index (χ2n) is 4.48. The number of carbonyl (C=O) groups is 1. The van der Waals surface area contributed by atoms with Crippen LogP contribution in [0.2, 0.25) is 0 Å². The third-order valence-corrected chi connectivity index (χ3v) is 3.94. The summed E-state index contributed by atoms with van der Waals surface area (Å²) in [5, 5.41) is 6.36. The van der Waals surface area contributed by atoms with Crippen LogP contribution in [-0.2, 0) is 0 Å². The van der Waals surface area contributed by atoms with Crippen molar-refractivity contribution in [1.82, 2.24) is 10.6 Å². The number of aryl methyl sites for hydroxylation is 1. The molecule has 1 aromatic rings. The third kappa shape index (κ3) is 3.30.